The Kier molecular flexibility index (Phi) is 8.63. The van der Waals surface area contributed by atoms with E-state index in [0.717, 1.165) is 22.3 Å². The molecule has 0 radical (unpaired) electrons. The van der Waals surface area contributed by atoms with Gasteiger partial charge in [0.05, 0.1) is 6.61 Å². The smallest absolute Gasteiger partial charge is 0.330 e. The molecular weight excluding hydrogens is 352 g/mol. The molecule has 28 heavy (non-hydrogen) atoms. The zero-order valence-corrected chi connectivity index (χ0v) is 16.1. The van der Waals surface area contributed by atoms with Gasteiger partial charge in [-0.3, -0.25) is 4.79 Å². The van der Waals surface area contributed by atoms with Crippen LogP contribution in [0.2, 0.25) is 0 Å². The molecule has 0 aliphatic rings. The van der Waals surface area contributed by atoms with E-state index in [1.807, 2.05) is 60.7 Å². The lowest BCUT2D eigenvalue weighted by Gasteiger charge is -1.99. The maximum absolute atomic E-state index is 11.4. The van der Waals surface area contributed by atoms with Gasteiger partial charge >= 0.3 is 5.97 Å². The van der Waals surface area contributed by atoms with E-state index in [1.54, 1.807) is 19.1 Å². The Labute approximate surface area is 165 Å². The molecule has 4 nitrogen and oxygen atoms in total. The minimum absolute atomic E-state index is 0.0629. The van der Waals surface area contributed by atoms with E-state index in [1.165, 1.54) is 19.3 Å². The third-order valence-corrected chi connectivity index (χ3v) is 3.79. The molecule has 0 amide bonds. The molecule has 144 valence electrons. The predicted molar refractivity (Wildman–Crippen MR) is 113 cm³/mol. The molecule has 0 saturated heterocycles. The molecule has 0 aliphatic heterocycles. The van der Waals surface area contributed by atoms with Crippen LogP contribution in [0.5, 0.6) is 0 Å². The Morgan fingerprint density at radius 1 is 0.750 bits per heavy atom. The molecule has 0 aromatic heterocycles. The molecule has 0 atom stereocenters. The van der Waals surface area contributed by atoms with Gasteiger partial charge in [0, 0.05) is 13.2 Å². The quantitative estimate of drug-likeness (QED) is 0.363. The van der Waals surface area contributed by atoms with Crippen LogP contribution in [0, 0.1) is 0 Å². The molecule has 2 rings (SSSR count). The van der Waals surface area contributed by atoms with Gasteiger partial charge in [-0.25, -0.2) is 4.79 Å². The Morgan fingerprint density at radius 2 is 1.18 bits per heavy atom. The number of hydrogen-bond acceptors (Lipinski definition) is 4. The molecule has 0 aliphatic carbocycles. The number of carbonyl (C=O) groups excluding carboxylic acids is 2. The second-order valence-electron chi connectivity index (χ2n) is 5.98. The zero-order chi connectivity index (χ0) is 20.2. The van der Waals surface area contributed by atoms with Crippen LogP contribution in [0.3, 0.4) is 0 Å². The van der Waals surface area contributed by atoms with Crippen LogP contribution in [0.25, 0.3) is 24.3 Å². The van der Waals surface area contributed by atoms with Crippen molar-refractivity contribution in [3.8, 4) is 0 Å². The maximum Gasteiger partial charge on any atom is 0.330 e. The molecule has 2 aromatic carbocycles. The number of esters is 1. The third-order valence-electron chi connectivity index (χ3n) is 3.79. The first-order valence-electron chi connectivity index (χ1n) is 9.03. The first-order chi connectivity index (χ1) is 13.6. The van der Waals surface area contributed by atoms with E-state index in [0.29, 0.717) is 6.61 Å². The van der Waals surface area contributed by atoms with Crippen molar-refractivity contribution in [1.29, 1.82) is 0 Å². The van der Waals surface area contributed by atoms with Crippen molar-refractivity contribution in [2.75, 3.05) is 20.3 Å². The normalized spacial score (nSPS) is 11.5. The minimum atomic E-state index is -0.340. The molecular formula is C24H24O4. The summed E-state index contributed by atoms with van der Waals surface area (Å²) in [5.41, 5.74) is 4.01. The van der Waals surface area contributed by atoms with Crippen LogP contribution in [0.4, 0.5) is 0 Å². The Balaban J connectivity index is 1.94. The van der Waals surface area contributed by atoms with E-state index in [-0.39, 0.29) is 18.4 Å². The highest BCUT2D eigenvalue weighted by Gasteiger charge is 1.96. The van der Waals surface area contributed by atoms with Crippen LogP contribution in [0.15, 0.2) is 60.7 Å². The lowest BCUT2D eigenvalue weighted by Crippen LogP contribution is -2.01. The standard InChI is InChI=1S/C24H24O4/c1-3-28-24(26)17-15-22-12-8-20(9-13-22)5-4-19-6-10-21(11-7-19)14-16-23(25)18-27-2/h4-17H,3,18H2,1-2H3/b5-4-,16-14?,17-15?. The number of methoxy groups -OCH3 is 1. The molecule has 0 heterocycles. The largest absolute Gasteiger partial charge is 0.463 e. The van der Waals surface area contributed by atoms with E-state index in [2.05, 4.69) is 0 Å². The van der Waals surface area contributed by atoms with E-state index >= 15 is 0 Å². The first-order valence-corrected chi connectivity index (χ1v) is 9.03. The zero-order valence-electron chi connectivity index (χ0n) is 16.1. The van der Waals surface area contributed by atoms with Gasteiger partial charge in [0.2, 0.25) is 0 Å². The fraction of sp³-hybridized carbons (Fsp3) is 0.167. The van der Waals surface area contributed by atoms with E-state index in [9.17, 15) is 9.59 Å². The van der Waals surface area contributed by atoms with Crippen molar-refractivity contribution >= 4 is 36.1 Å². The van der Waals surface area contributed by atoms with Crippen LogP contribution >= 0.6 is 0 Å². The van der Waals surface area contributed by atoms with E-state index < -0.39 is 0 Å². The maximum atomic E-state index is 11.4. The highest BCUT2D eigenvalue weighted by atomic mass is 16.5. The second kappa shape index (κ2) is 11.5. The molecule has 4 heteroatoms. The summed E-state index contributed by atoms with van der Waals surface area (Å²) >= 11 is 0. The third kappa shape index (κ3) is 7.56. The SMILES string of the molecule is CCOC(=O)C=Cc1ccc(/C=C\c2ccc(C=CC(=O)COC)cc2)cc1. The number of hydrogen-bond donors (Lipinski definition) is 0. The van der Waals surface area contributed by atoms with Gasteiger partial charge in [0.25, 0.3) is 0 Å². The number of rotatable bonds is 9. The molecule has 0 saturated carbocycles. The second-order valence-corrected chi connectivity index (χ2v) is 5.98. The number of carbonyl (C=O) groups is 2. The summed E-state index contributed by atoms with van der Waals surface area (Å²) in [7, 11) is 1.50. The Morgan fingerprint density at radius 3 is 1.61 bits per heavy atom. The summed E-state index contributed by atoms with van der Waals surface area (Å²) in [5.74, 6) is -0.403. The van der Waals surface area contributed by atoms with Crippen molar-refractivity contribution in [2.45, 2.75) is 6.92 Å². The topological polar surface area (TPSA) is 52.6 Å². The van der Waals surface area contributed by atoms with Gasteiger partial charge in [-0.2, -0.15) is 0 Å². The van der Waals surface area contributed by atoms with Crippen LogP contribution < -0.4 is 0 Å². The molecule has 0 bridgehead atoms. The van der Waals surface area contributed by atoms with Gasteiger partial charge < -0.3 is 9.47 Å². The highest BCUT2D eigenvalue weighted by molar-refractivity contribution is 5.94. The number of benzene rings is 2. The fourth-order valence-corrected chi connectivity index (χ4v) is 2.36. The molecule has 0 fully saturated rings. The first kappa shape index (κ1) is 21.1. The van der Waals surface area contributed by atoms with Crippen LogP contribution in [-0.2, 0) is 19.1 Å². The van der Waals surface area contributed by atoms with Crippen LogP contribution in [0.1, 0.15) is 29.2 Å². The van der Waals surface area contributed by atoms with Gasteiger partial charge in [-0.05, 0) is 41.3 Å². The average Bonchev–Trinajstić information content (AvgIpc) is 2.71. The van der Waals surface area contributed by atoms with Crippen molar-refractivity contribution in [2.24, 2.45) is 0 Å². The molecule has 0 unspecified atom stereocenters. The minimum Gasteiger partial charge on any atom is -0.463 e. The van der Waals surface area contributed by atoms with Gasteiger partial charge in [0.15, 0.2) is 5.78 Å². The highest BCUT2D eigenvalue weighted by Crippen LogP contribution is 2.12. The summed E-state index contributed by atoms with van der Waals surface area (Å²) in [6.45, 7) is 2.24. The van der Waals surface area contributed by atoms with Crippen molar-refractivity contribution in [3.05, 3.63) is 82.9 Å². The lowest BCUT2D eigenvalue weighted by atomic mass is 10.1. The molecule has 0 N–H and O–H groups in total. The summed E-state index contributed by atoms with van der Waals surface area (Å²) in [5, 5.41) is 0. The summed E-state index contributed by atoms with van der Waals surface area (Å²) in [4.78, 5) is 22.7. The summed E-state index contributed by atoms with van der Waals surface area (Å²) < 4.78 is 9.65. The van der Waals surface area contributed by atoms with Crippen LogP contribution in [-0.4, -0.2) is 32.1 Å². The van der Waals surface area contributed by atoms with Gasteiger partial charge in [-0.1, -0.05) is 66.8 Å². The van der Waals surface area contributed by atoms with Gasteiger partial charge in [-0.15, -0.1) is 0 Å². The monoisotopic (exact) mass is 376 g/mol. The number of ketones is 1. The van der Waals surface area contributed by atoms with Gasteiger partial charge in [0.1, 0.15) is 6.61 Å². The van der Waals surface area contributed by atoms with Crippen molar-refractivity contribution in [1.82, 2.24) is 0 Å². The average molecular weight is 376 g/mol. The molecule has 0 spiro atoms. The summed E-state index contributed by atoms with van der Waals surface area (Å²) in [6, 6.07) is 15.8. The number of ether oxygens (including phenoxy) is 2. The lowest BCUT2D eigenvalue weighted by molar-refractivity contribution is -0.137. The van der Waals surface area contributed by atoms with E-state index in [4.69, 9.17) is 9.47 Å². The Bertz CT molecular complexity index is 783. The molecule has 2 aromatic rings. The van der Waals surface area contributed by atoms with Crippen molar-refractivity contribution in [3.63, 3.8) is 0 Å². The Hall–Kier alpha value is -3.24. The predicted octanol–water partition coefficient (Wildman–Crippen LogP) is 4.66. The van der Waals surface area contributed by atoms with Crippen molar-refractivity contribution < 1.29 is 19.1 Å². The fourth-order valence-electron chi connectivity index (χ4n) is 2.36. The summed E-state index contributed by atoms with van der Waals surface area (Å²) in [6.07, 6.45) is 10.5.